The van der Waals surface area contributed by atoms with Crippen LogP contribution in [0.4, 0.5) is 14.9 Å². The van der Waals surface area contributed by atoms with E-state index in [-0.39, 0.29) is 16.7 Å². The Bertz CT molecular complexity index is 479. The fourth-order valence-corrected chi connectivity index (χ4v) is 1.51. The summed E-state index contributed by atoms with van der Waals surface area (Å²) in [5.41, 5.74) is -0.127. The molecule has 1 aromatic rings. The molecule has 0 spiro atoms. The molecule has 0 aliphatic rings. The largest absolute Gasteiger partial charge is 0.333 e. The molecule has 1 aromatic carbocycles. The first-order valence-electron chi connectivity index (χ1n) is 5.56. The zero-order chi connectivity index (χ0) is 14.6. The van der Waals surface area contributed by atoms with Crippen molar-refractivity contribution in [2.24, 2.45) is 0 Å². The standard InChI is InChI=1S/C12H16ClFN4O/c1-12(2,3)18-11(19)17-10(15)16-9-5-7(13)4-8(14)6-9/h4-6H,1-3H3,(H4,15,16,17,18,19). The van der Waals surface area contributed by atoms with Crippen LogP contribution in [0, 0.1) is 11.2 Å². The van der Waals surface area contributed by atoms with Crippen LogP contribution in [0.5, 0.6) is 0 Å². The van der Waals surface area contributed by atoms with Gasteiger partial charge in [0.15, 0.2) is 0 Å². The van der Waals surface area contributed by atoms with Crippen LogP contribution in [0.15, 0.2) is 18.2 Å². The van der Waals surface area contributed by atoms with Crippen molar-refractivity contribution >= 4 is 29.3 Å². The minimum atomic E-state index is -0.526. The number of carbonyl (C=O) groups is 1. The van der Waals surface area contributed by atoms with Crippen molar-refractivity contribution in [1.82, 2.24) is 10.6 Å². The monoisotopic (exact) mass is 286 g/mol. The molecule has 0 heterocycles. The number of nitrogens with one attached hydrogen (secondary N) is 4. The van der Waals surface area contributed by atoms with Gasteiger partial charge in [-0.2, -0.15) is 0 Å². The van der Waals surface area contributed by atoms with E-state index in [9.17, 15) is 9.18 Å². The molecule has 2 amide bonds. The van der Waals surface area contributed by atoms with Crippen molar-refractivity contribution in [3.05, 3.63) is 29.0 Å². The average molecular weight is 287 g/mol. The van der Waals surface area contributed by atoms with Crippen LogP contribution in [0.2, 0.25) is 5.02 Å². The predicted octanol–water partition coefficient (Wildman–Crippen LogP) is 2.92. The maximum Gasteiger partial charge on any atom is 0.321 e. The predicted molar refractivity (Wildman–Crippen MR) is 74.2 cm³/mol. The molecule has 0 unspecified atom stereocenters. The van der Waals surface area contributed by atoms with E-state index in [1.54, 1.807) is 0 Å². The lowest BCUT2D eigenvalue weighted by atomic mass is 10.1. The number of amides is 2. The van der Waals surface area contributed by atoms with Crippen molar-refractivity contribution in [2.45, 2.75) is 26.3 Å². The first-order chi connectivity index (χ1) is 8.65. The van der Waals surface area contributed by atoms with Crippen molar-refractivity contribution < 1.29 is 9.18 Å². The van der Waals surface area contributed by atoms with Gasteiger partial charge >= 0.3 is 6.03 Å². The van der Waals surface area contributed by atoms with E-state index in [0.717, 1.165) is 6.07 Å². The fourth-order valence-electron chi connectivity index (χ4n) is 1.29. The van der Waals surface area contributed by atoms with Crippen molar-refractivity contribution in [3.8, 4) is 0 Å². The number of hydrogen-bond donors (Lipinski definition) is 4. The lowest BCUT2D eigenvalue weighted by Crippen LogP contribution is -2.49. The minimum Gasteiger partial charge on any atom is -0.333 e. The van der Waals surface area contributed by atoms with E-state index in [1.165, 1.54) is 12.1 Å². The van der Waals surface area contributed by atoms with Gasteiger partial charge in [0.1, 0.15) is 5.82 Å². The Hall–Kier alpha value is -1.82. The molecule has 19 heavy (non-hydrogen) atoms. The number of rotatable bonds is 1. The number of guanidine groups is 1. The SMILES string of the molecule is CC(C)(C)NC(=O)NC(=N)Nc1cc(F)cc(Cl)c1. The van der Waals surface area contributed by atoms with Gasteiger partial charge in [-0.05, 0) is 39.0 Å². The normalized spacial score (nSPS) is 10.8. The highest BCUT2D eigenvalue weighted by Crippen LogP contribution is 2.17. The topological polar surface area (TPSA) is 77.0 Å². The third-order valence-electron chi connectivity index (χ3n) is 1.86. The van der Waals surface area contributed by atoms with Gasteiger partial charge in [0, 0.05) is 16.2 Å². The molecular weight excluding hydrogens is 271 g/mol. The molecule has 0 saturated heterocycles. The first kappa shape index (κ1) is 15.2. The Labute approximate surface area is 116 Å². The van der Waals surface area contributed by atoms with E-state index in [0.29, 0.717) is 0 Å². The van der Waals surface area contributed by atoms with Crippen LogP contribution in [0.1, 0.15) is 20.8 Å². The second kappa shape index (κ2) is 5.88. The van der Waals surface area contributed by atoms with Gasteiger partial charge in [0.05, 0.1) is 0 Å². The summed E-state index contributed by atoms with van der Waals surface area (Å²) < 4.78 is 13.1. The fraction of sp³-hybridized carbons (Fsp3) is 0.333. The lowest BCUT2D eigenvalue weighted by Gasteiger charge is -2.21. The maximum absolute atomic E-state index is 13.1. The summed E-state index contributed by atoms with van der Waals surface area (Å²) in [4.78, 5) is 11.5. The zero-order valence-electron chi connectivity index (χ0n) is 10.9. The number of hydrogen-bond acceptors (Lipinski definition) is 2. The van der Waals surface area contributed by atoms with Crippen molar-refractivity contribution in [2.75, 3.05) is 5.32 Å². The molecule has 0 aromatic heterocycles. The lowest BCUT2D eigenvalue weighted by molar-refractivity contribution is 0.236. The van der Waals surface area contributed by atoms with Crippen LogP contribution in [-0.4, -0.2) is 17.5 Å². The number of carbonyl (C=O) groups excluding carboxylic acids is 1. The molecule has 1 rings (SSSR count). The molecule has 0 aliphatic heterocycles. The molecule has 0 fully saturated rings. The van der Waals surface area contributed by atoms with E-state index < -0.39 is 17.4 Å². The van der Waals surface area contributed by atoms with Gasteiger partial charge in [-0.3, -0.25) is 10.7 Å². The van der Waals surface area contributed by atoms with E-state index in [2.05, 4.69) is 16.0 Å². The van der Waals surface area contributed by atoms with Gasteiger partial charge < -0.3 is 10.6 Å². The number of benzene rings is 1. The molecule has 5 nitrogen and oxygen atoms in total. The first-order valence-corrected chi connectivity index (χ1v) is 5.94. The highest BCUT2D eigenvalue weighted by Gasteiger charge is 2.14. The summed E-state index contributed by atoms with van der Waals surface area (Å²) in [6.07, 6.45) is 0. The second-order valence-corrected chi connectivity index (χ2v) is 5.42. The van der Waals surface area contributed by atoms with Crippen LogP contribution in [0.3, 0.4) is 0 Å². The highest BCUT2D eigenvalue weighted by molar-refractivity contribution is 6.30. The van der Waals surface area contributed by atoms with Gasteiger partial charge in [-0.1, -0.05) is 11.6 Å². The Morgan fingerprint density at radius 1 is 1.32 bits per heavy atom. The van der Waals surface area contributed by atoms with Crippen LogP contribution < -0.4 is 16.0 Å². The Kier molecular flexibility index (Phi) is 4.72. The summed E-state index contributed by atoms with van der Waals surface area (Å²) in [6, 6.07) is 3.25. The average Bonchev–Trinajstić information content (AvgIpc) is 2.10. The van der Waals surface area contributed by atoms with Gasteiger partial charge in [0.2, 0.25) is 5.96 Å². The summed E-state index contributed by atoms with van der Waals surface area (Å²) in [7, 11) is 0. The second-order valence-electron chi connectivity index (χ2n) is 4.99. The molecule has 0 radical (unpaired) electrons. The molecule has 0 saturated carbocycles. The van der Waals surface area contributed by atoms with Gasteiger partial charge in [-0.25, -0.2) is 9.18 Å². The van der Waals surface area contributed by atoms with Crippen LogP contribution in [-0.2, 0) is 0 Å². The van der Waals surface area contributed by atoms with Crippen LogP contribution >= 0.6 is 11.6 Å². The third-order valence-corrected chi connectivity index (χ3v) is 2.08. The molecule has 0 aliphatic carbocycles. The summed E-state index contributed by atoms with van der Waals surface area (Å²) in [6.45, 7) is 5.45. The number of halogens is 2. The summed E-state index contributed by atoms with van der Waals surface area (Å²) in [5, 5.41) is 15.2. The Morgan fingerprint density at radius 2 is 1.95 bits per heavy atom. The molecular formula is C12H16ClFN4O. The minimum absolute atomic E-state index is 0.203. The summed E-state index contributed by atoms with van der Waals surface area (Å²) in [5.74, 6) is -0.801. The quantitative estimate of drug-likeness (QED) is 0.473. The number of urea groups is 1. The van der Waals surface area contributed by atoms with Crippen LogP contribution in [0.25, 0.3) is 0 Å². The maximum atomic E-state index is 13.1. The molecule has 0 bridgehead atoms. The molecule has 4 N–H and O–H groups in total. The van der Waals surface area contributed by atoms with E-state index in [4.69, 9.17) is 17.0 Å². The Morgan fingerprint density at radius 3 is 2.47 bits per heavy atom. The third kappa shape index (κ3) is 6.05. The molecule has 104 valence electrons. The molecule has 7 heteroatoms. The highest BCUT2D eigenvalue weighted by atomic mass is 35.5. The van der Waals surface area contributed by atoms with Crippen molar-refractivity contribution in [1.29, 1.82) is 5.41 Å². The molecule has 0 atom stereocenters. The zero-order valence-corrected chi connectivity index (χ0v) is 11.7. The van der Waals surface area contributed by atoms with Gasteiger partial charge in [-0.15, -0.1) is 0 Å². The number of anilines is 1. The van der Waals surface area contributed by atoms with E-state index in [1.807, 2.05) is 20.8 Å². The smallest absolute Gasteiger partial charge is 0.321 e. The van der Waals surface area contributed by atoms with Gasteiger partial charge in [0.25, 0.3) is 0 Å². The Balaban J connectivity index is 2.58. The van der Waals surface area contributed by atoms with E-state index >= 15 is 0 Å². The van der Waals surface area contributed by atoms with Crippen molar-refractivity contribution in [3.63, 3.8) is 0 Å². The summed E-state index contributed by atoms with van der Waals surface area (Å²) >= 11 is 5.68.